The standard InChI is InChI=1S/C14H18F2O3/c1-11(15,16)10(17)19-7-12-3-8-2-9-4-13(18,5-12)14(8,9)6-12/h8-9,18H,2-7H2,1H3. The number of hydrogen-bond acceptors (Lipinski definition) is 3. The largest absolute Gasteiger partial charge is 0.461 e. The Bertz CT molecular complexity index is 474. The van der Waals surface area contributed by atoms with E-state index in [2.05, 4.69) is 0 Å². The zero-order valence-electron chi connectivity index (χ0n) is 10.9. The lowest BCUT2D eigenvalue weighted by atomic mass is 9.36. The van der Waals surface area contributed by atoms with Crippen molar-refractivity contribution in [2.45, 2.75) is 50.6 Å². The molecule has 0 aromatic carbocycles. The molecule has 4 rings (SSSR count). The molecule has 5 heteroatoms. The van der Waals surface area contributed by atoms with E-state index in [0.717, 1.165) is 25.7 Å². The Balaban J connectivity index is 1.50. The highest BCUT2D eigenvalue weighted by Crippen LogP contribution is 2.85. The third-order valence-electron chi connectivity index (χ3n) is 6.36. The monoisotopic (exact) mass is 272 g/mol. The van der Waals surface area contributed by atoms with Crippen LogP contribution in [0.4, 0.5) is 8.78 Å². The highest BCUT2D eigenvalue weighted by molar-refractivity contribution is 5.76. The summed E-state index contributed by atoms with van der Waals surface area (Å²) >= 11 is 0. The van der Waals surface area contributed by atoms with E-state index >= 15 is 0 Å². The van der Waals surface area contributed by atoms with E-state index in [0.29, 0.717) is 25.2 Å². The van der Waals surface area contributed by atoms with Crippen LogP contribution >= 0.6 is 0 Å². The van der Waals surface area contributed by atoms with Gasteiger partial charge >= 0.3 is 11.9 Å². The maximum absolute atomic E-state index is 12.8. The van der Waals surface area contributed by atoms with Crippen LogP contribution in [0.15, 0.2) is 0 Å². The summed E-state index contributed by atoms with van der Waals surface area (Å²) in [5.74, 6) is -3.73. The molecule has 19 heavy (non-hydrogen) atoms. The normalized spacial score (nSPS) is 53.3. The van der Waals surface area contributed by atoms with Crippen LogP contribution < -0.4 is 0 Å². The number of aliphatic hydroxyl groups is 1. The highest BCUT2D eigenvalue weighted by atomic mass is 19.3. The van der Waals surface area contributed by atoms with E-state index in [1.165, 1.54) is 0 Å². The van der Waals surface area contributed by atoms with Crippen LogP contribution in [0.2, 0.25) is 0 Å². The lowest BCUT2D eigenvalue weighted by molar-refractivity contribution is -0.286. The number of fused-ring (bicyclic) bond motifs is 1. The van der Waals surface area contributed by atoms with E-state index in [1.807, 2.05) is 0 Å². The Morgan fingerprint density at radius 3 is 2.58 bits per heavy atom. The van der Waals surface area contributed by atoms with Gasteiger partial charge in [0.15, 0.2) is 0 Å². The van der Waals surface area contributed by atoms with Crippen molar-refractivity contribution in [1.29, 1.82) is 0 Å². The molecule has 1 spiro atoms. The van der Waals surface area contributed by atoms with Crippen LogP contribution in [0.3, 0.4) is 0 Å². The van der Waals surface area contributed by atoms with E-state index in [1.54, 1.807) is 0 Å². The van der Waals surface area contributed by atoms with Crippen molar-refractivity contribution in [3.63, 3.8) is 0 Å². The Morgan fingerprint density at radius 2 is 2.05 bits per heavy atom. The minimum atomic E-state index is -3.43. The fourth-order valence-electron chi connectivity index (χ4n) is 5.86. The fourth-order valence-corrected chi connectivity index (χ4v) is 5.86. The summed E-state index contributed by atoms with van der Waals surface area (Å²) in [5, 5.41) is 10.6. The number of carbonyl (C=O) groups is 1. The van der Waals surface area contributed by atoms with Gasteiger partial charge in [0.1, 0.15) is 0 Å². The second kappa shape index (κ2) is 2.97. The predicted molar refractivity (Wildman–Crippen MR) is 61.5 cm³/mol. The van der Waals surface area contributed by atoms with Crippen molar-refractivity contribution >= 4 is 5.97 Å². The molecule has 0 heterocycles. The second-order valence-electron chi connectivity index (χ2n) is 7.43. The molecule has 4 aliphatic rings. The molecule has 2 bridgehead atoms. The third-order valence-corrected chi connectivity index (χ3v) is 6.36. The topological polar surface area (TPSA) is 46.5 Å². The number of alkyl halides is 2. The number of ether oxygens (including phenoxy) is 1. The van der Waals surface area contributed by atoms with Gasteiger partial charge in [-0.05, 0) is 43.9 Å². The minimum Gasteiger partial charge on any atom is -0.461 e. The number of halogens is 2. The van der Waals surface area contributed by atoms with Crippen LogP contribution in [-0.2, 0) is 9.53 Å². The lowest BCUT2D eigenvalue weighted by Crippen LogP contribution is -2.71. The van der Waals surface area contributed by atoms with Gasteiger partial charge in [-0.15, -0.1) is 0 Å². The van der Waals surface area contributed by atoms with Gasteiger partial charge in [-0.3, -0.25) is 0 Å². The zero-order chi connectivity index (χ0) is 13.7. The first kappa shape index (κ1) is 12.1. The SMILES string of the molecule is CC(F)(F)C(=O)OCC12CC3CC4CC(O)(C1)C34C2. The first-order chi connectivity index (χ1) is 8.71. The van der Waals surface area contributed by atoms with Gasteiger partial charge in [-0.2, -0.15) is 8.78 Å². The van der Waals surface area contributed by atoms with Crippen LogP contribution in [0.1, 0.15) is 39.0 Å². The van der Waals surface area contributed by atoms with Gasteiger partial charge in [-0.1, -0.05) is 0 Å². The first-order valence-corrected chi connectivity index (χ1v) is 6.98. The van der Waals surface area contributed by atoms with Crippen LogP contribution in [0.25, 0.3) is 0 Å². The van der Waals surface area contributed by atoms with Gasteiger partial charge < -0.3 is 9.84 Å². The van der Waals surface area contributed by atoms with Crippen molar-refractivity contribution in [2.75, 3.05) is 6.61 Å². The lowest BCUT2D eigenvalue weighted by Gasteiger charge is -2.70. The summed E-state index contributed by atoms with van der Waals surface area (Å²) in [6.45, 7) is 0.606. The van der Waals surface area contributed by atoms with Gasteiger partial charge in [0.05, 0.1) is 12.2 Å². The molecule has 1 N–H and O–H groups in total. The molecule has 5 atom stereocenters. The molecule has 0 aromatic heterocycles. The molecule has 3 nitrogen and oxygen atoms in total. The third kappa shape index (κ3) is 1.19. The molecule has 4 fully saturated rings. The molecular weight excluding hydrogens is 254 g/mol. The van der Waals surface area contributed by atoms with Gasteiger partial charge in [0.25, 0.3) is 0 Å². The maximum atomic E-state index is 12.8. The first-order valence-electron chi connectivity index (χ1n) is 6.98. The van der Waals surface area contributed by atoms with Crippen molar-refractivity contribution in [3.8, 4) is 0 Å². The molecular formula is C14H18F2O3. The molecule has 0 aromatic rings. The Hall–Kier alpha value is -0.710. The second-order valence-corrected chi connectivity index (χ2v) is 7.43. The van der Waals surface area contributed by atoms with Crippen molar-refractivity contribution in [2.24, 2.45) is 22.7 Å². The van der Waals surface area contributed by atoms with Crippen LogP contribution in [0.5, 0.6) is 0 Å². The molecule has 5 unspecified atom stereocenters. The number of esters is 1. The van der Waals surface area contributed by atoms with Crippen LogP contribution in [0, 0.1) is 22.7 Å². The maximum Gasteiger partial charge on any atom is 0.376 e. The molecule has 4 saturated carbocycles. The average molecular weight is 272 g/mol. The molecule has 106 valence electrons. The van der Waals surface area contributed by atoms with Crippen LogP contribution in [-0.4, -0.2) is 29.2 Å². The predicted octanol–water partition coefficient (Wildman–Crippen LogP) is 2.13. The smallest absolute Gasteiger partial charge is 0.376 e. The Labute approximate surface area is 110 Å². The number of carbonyl (C=O) groups excluding carboxylic acids is 1. The van der Waals surface area contributed by atoms with E-state index < -0.39 is 17.5 Å². The van der Waals surface area contributed by atoms with E-state index in [4.69, 9.17) is 4.74 Å². The summed E-state index contributed by atoms with van der Waals surface area (Å²) in [7, 11) is 0. The minimum absolute atomic E-state index is 0.0442. The van der Waals surface area contributed by atoms with Crippen molar-refractivity contribution in [3.05, 3.63) is 0 Å². The molecule has 0 aliphatic heterocycles. The zero-order valence-corrected chi connectivity index (χ0v) is 10.9. The average Bonchev–Trinajstić information content (AvgIpc) is 2.68. The molecule has 0 saturated heterocycles. The van der Waals surface area contributed by atoms with Crippen molar-refractivity contribution in [1.82, 2.24) is 0 Å². The van der Waals surface area contributed by atoms with Gasteiger partial charge in [-0.25, -0.2) is 4.79 Å². The number of rotatable bonds is 3. The molecule has 0 radical (unpaired) electrons. The Morgan fingerprint density at radius 1 is 1.37 bits per heavy atom. The van der Waals surface area contributed by atoms with Crippen molar-refractivity contribution < 1.29 is 23.4 Å². The Kier molecular flexibility index (Phi) is 1.89. The summed E-state index contributed by atoms with van der Waals surface area (Å²) in [6, 6.07) is 0. The highest BCUT2D eigenvalue weighted by Gasteiger charge is 2.84. The van der Waals surface area contributed by atoms with E-state index in [-0.39, 0.29) is 17.4 Å². The molecule has 0 amide bonds. The summed E-state index contributed by atoms with van der Waals surface area (Å²) in [6.07, 6.45) is 4.41. The van der Waals surface area contributed by atoms with Gasteiger partial charge in [0, 0.05) is 17.8 Å². The van der Waals surface area contributed by atoms with Gasteiger partial charge in [0.2, 0.25) is 0 Å². The molecule has 4 aliphatic carbocycles. The summed E-state index contributed by atoms with van der Waals surface area (Å²) in [4.78, 5) is 11.2. The summed E-state index contributed by atoms with van der Waals surface area (Å²) in [5.41, 5.74) is -0.792. The summed E-state index contributed by atoms with van der Waals surface area (Å²) < 4.78 is 30.5. The van der Waals surface area contributed by atoms with E-state index in [9.17, 15) is 18.7 Å². The fraction of sp³-hybridized carbons (Fsp3) is 0.929. The quantitative estimate of drug-likeness (QED) is 0.801. The number of hydrogen-bond donors (Lipinski definition) is 1.